The van der Waals surface area contributed by atoms with Gasteiger partial charge in [-0.25, -0.2) is 4.31 Å². The number of hydrogen-bond donors (Lipinski definition) is 0. The number of rotatable bonds is 8. The molecular weight excluding hydrogens is 528 g/mol. The molecule has 2 aromatic carbocycles. The summed E-state index contributed by atoms with van der Waals surface area (Å²) in [5.74, 6) is 1.25. The SMILES string of the molecule is Clc1cccc2c(SN3CCCC3CCCSN3CCC4(CC3)CCN(c3ccncc3)CC4)cccc12. The molecule has 0 saturated carbocycles. The highest BCUT2D eigenvalue weighted by molar-refractivity contribution is 7.97. The van der Waals surface area contributed by atoms with Crippen LogP contribution in [-0.2, 0) is 0 Å². The van der Waals surface area contributed by atoms with Crippen LogP contribution in [0.1, 0.15) is 51.4 Å². The number of aromatic nitrogens is 1. The topological polar surface area (TPSA) is 22.6 Å². The number of fused-ring (bicyclic) bond motifs is 1. The van der Waals surface area contributed by atoms with Crippen LogP contribution < -0.4 is 4.90 Å². The molecule has 3 aliphatic rings. The third-order valence-electron chi connectivity index (χ3n) is 8.96. The normalized spacial score (nSPS) is 22.4. The Morgan fingerprint density at radius 1 is 0.868 bits per heavy atom. The summed E-state index contributed by atoms with van der Waals surface area (Å²) in [7, 11) is 0. The van der Waals surface area contributed by atoms with E-state index < -0.39 is 0 Å². The predicted molar refractivity (Wildman–Crippen MR) is 165 cm³/mol. The van der Waals surface area contributed by atoms with Crippen LogP contribution in [-0.4, -0.2) is 58.1 Å². The molecule has 4 nitrogen and oxygen atoms in total. The minimum absolute atomic E-state index is 0.577. The van der Waals surface area contributed by atoms with Crippen LogP contribution in [0.3, 0.4) is 0 Å². The molecule has 0 N–H and O–H groups in total. The van der Waals surface area contributed by atoms with Gasteiger partial charge < -0.3 is 4.90 Å². The number of halogens is 1. The van der Waals surface area contributed by atoms with E-state index >= 15 is 0 Å². The van der Waals surface area contributed by atoms with Gasteiger partial charge in [0.1, 0.15) is 0 Å². The van der Waals surface area contributed by atoms with E-state index in [0.29, 0.717) is 11.5 Å². The molecule has 7 heteroatoms. The largest absolute Gasteiger partial charge is 0.371 e. The van der Waals surface area contributed by atoms with Crippen molar-refractivity contribution in [3.8, 4) is 0 Å². The van der Waals surface area contributed by atoms with Gasteiger partial charge in [-0.15, -0.1) is 0 Å². The molecule has 3 saturated heterocycles. The minimum atomic E-state index is 0.577. The molecule has 3 aliphatic heterocycles. The fourth-order valence-corrected chi connectivity index (χ4v) is 9.04. The fourth-order valence-electron chi connectivity index (χ4n) is 6.56. The van der Waals surface area contributed by atoms with Crippen molar-refractivity contribution in [3.63, 3.8) is 0 Å². The van der Waals surface area contributed by atoms with Gasteiger partial charge >= 0.3 is 0 Å². The second kappa shape index (κ2) is 12.4. The molecule has 0 radical (unpaired) electrons. The van der Waals surface area contributed by atoms with Crippen molar-refractivity contribution in [1.29, 1.82) is 0 Å². The third kappa shape index (κ3) is 6.15. The van der Waals surface area contributed by atoms with Gasteiger partial charge in [-0.3, -0.25) is 9.29 Å². The van der Waals surface area contributed by atoms with Gasteiger partial charge in [0.2, 0.25) is 0 Å². The van der Waals surface area contributed by atoms with Gasteiger partial charge in [-0.2, -0.15) is 0 Å². The first-order chi connectivity index (χ1) is 18.7. The van der Waals surface area contributed by atoms with Gasteiger partial charge in [0, 0.05) is 77.9 Å². The molecule has 1 aromatic heterocycles. The van der Waals surface area contributed by atoms with Crippen LogP contribution >= 0.6 is 35.5 Å². The first-order valence-corrected chi connectivity index (χ1v) is 16.4. The predicted octanol–water partition coefficient (Wildman–Crippen LogP) is 8.17. The van der Waals surface area contributed by atoms with Crippen molar-refractivity contribution in [2.75, 3.05) is 43.4 Å². The molecule has 3 fully saturated rings. The molecule has 0 amide bonds. The zero-order valence-electron chi connectivity index (χ0n) is 22.2. The van der Waals surface area contributed by atoms with Gasteiger partial charge in [-0.1, -0.05) is 47.8 Å². The van der Waals surface area contributed by atoms with Crippen molar-refractivity contribution in [2.24, 2.45) is 5.41 Å². The minimum Gasteiger partial charge on any atom is -0.371 e. The Hall–Kier alpha value is -1.44. The molecule has 6 rings (SSSR count). The van der Waals surface area contributed by atoms with E-state index in [1.165, 1.54) is 106 Å². The highest BCUT2D eigenvalue weighted by Gasteiger charge is 2.37. The third-order valence-corrected chi connectivity index (χ3v) is 11.8. The lowest BCUT2D eigenvalue weighted by Gasteiger charge is -2.47. The molecule has 3 aromatic rings. The molecule has 1 spiro atoms. The number of pyridine rings is 1. The Morgan fingerprint density at radius 2 is 1.61 bits per heavy atom. The summed E-state index contributed by atoms with van der Waals surface area (Å²) >= 11 is 10.5. The summed E-state index contributed by atoms with van der Waals surface area (Å²) in [6.07, 6.45) is 14.5. The van der Waals surface area contributed by atoms with E-state index in [1.54, 1.807) is 0 Å². The van der Waals surface area contributed by atoms with Crippen LogP contribution in [0.2, 0.25) is 5.02 Å². The number of benzene rings is 2. The van der Waals surface area contributed by atoms with Crippen molar-refractivity contribution in [2.45, 2.75) is 62.3 Å². The number of nitrogens with zero attached hydrogens (tertiary/aromatic N) is 4. The molecule has 0 bridgehead atoms. The molecule has 1 atom stereocenters. The Bertz CT molecular complexity index is 1190. The highest BCUT2D eigenvalue weighted by atomic mass is 35.5. The smallest absolute Gasteiger partial charge is 0.0484 e. The molecule has 38 heavy (non-hydrogen) atoms. The average molecular weight is 567 g/mol. The fraction of sp³-hybridized carbons (Fsp3) is 0.516. The van der Waals surface area contributed by atoms with E-state index in [4.69, 9.17) is 11.6 Å². The standard InChI is InChI=1S/C31H39ClN4S2/c32-29-9-1-8-28-27(29)7-2-10-30(28)38-36-19-3-5-26(36)6-4-24-37-35-22-15-31(16-23-35)13-20-34(21-14-31)25-11-17-33-18-12-25/h1-2,7-12,17-18,26H,3-6,13-16,19-24H2. The molecule has 4 heterocycles. The second-order valence-corrected chi connectivity index (χ2v) is 13.9. The quantitative estimate of drug-likeness (QED) is 0.201. The maximum atomic E-state index is 6.46. The second-order valence-electron chi connectivity index (χ2n) is 11.2. The number of hydrogen-bond acceptors (Lipinski definition) is 6. The van der Waals surface area contributed by atoms with Crippen LogP contribution in [0, 0.1) is 5.41 Å². The lowest BCUT2D eigenvalue weighted by Crippen LogP contribution is -2.45. The summed E-state index contributed by atoms with van der Waals surface area (Å²) in [4.78, 5) is 8.06. The number of anilines is 1. The zero-order valence-corrected chi connectivity index (χ0v) is 24.6. The first-order valence-electron chi connectivity index (χ1n) is 14.3. The first kappa shape index (κ1) is 26.8. The number of piperidine rings is 2. The van der Waals surface area contributed by atoms with Gasteiger partial charge in [0.15, 0.2) is 0 Å². The van der Waals surface area contributed by atoms with Crippen molar-refractivity contribution < 1.29 is 0 Å². The summed E-state index contributed by atoms with van der Waals surface area (Å²) in [6.45, 7) is 6.09. The zero-order chi connectivity index (χ0) is 25.8. The van der Waals surface area contributed by atoms with E-state index in [0.717, 1.165) is 10.4 Å². The summed E-state index contributed by atoms with van der Waals surface area (Å²) < 4.78 is 5.31. The summed E-state index contributed by atoms with van der Waals surface area (Å²) in [6, 6.07) is 17.8. The van der Waals surface area contributed by atoms with Gasteiger partial charge in [0.25, 0.3) is 0 Å². The lowest BCUT2D eigenvalue weighted by atomic mass is 9.71. The monoisotopic (exact) mass is 566 g/mol. The van der Waals surface area contributed by atoms with E-state index in [2.05, 4.69) is 72.9 Å². The van der Waals surface area contributed by atoms with E-state index in [9.17, 15) is 0 Å². The Labute approximate surface area is 241 Å². The van der Waals surface area contributed by atoms with E-state index in [1.807, 2.05) is 30.4 Å². The molecular formula is C31H39ClN4S2. The lowest BCUT2D eigenvalue weighted by molar-refractivity contribution is 0.124. The average Bonchev–Trinajstić information content (AvgIpc) is 3.40. The maximum absolute atomic E-state index is 6.46. The van der Waals surface area contributed by atoms with Crippen LogP contribution in [0.15, 0.2) is 65.8 Å². The molecule has 1 unspecified atom stereocenters. The van der Waals surface area contributed by atoms with Crippen molar-refractivity contribution in [1.82, 2.24) is 13.6 Å². The van der Waals surface area contributed by atoms with E-state index in [-0.39, 0.29) is 0 Å². The van der Waals surface area contributed by atoms with Crippen molar-refractivity contribution in [3.05, 3.63) is 65.9 Å². The van der Waals surface area contributed by atoms with Crippen LogP contribution in [0.5, 0.6) is 0 Å². The Balaban J connectivity index is 0.925. The Morgan fingerprint density at radius 3 is 2.42 bits per heavy atom. The van der Waals surface area contributed by atoms with Crippen LogP contribution in [0.25, 0.3) is 10.8 Å². The highest BCUT2D eigenvalue weighted by Crippen LogP contribution is 2.43. The van der Waals surface area contributed by atoms with Gasteiger partial charge in [-0.05, 0) is 98.4 Å². The van der Waals surface area contributed by atoms with Crippen LogP contribution in [0.4, 0.5) is 5.69 Å². The van der Waals surface area contributed by atoms with Crippen molar-refractivity contribution >= 4 is 52.0 Å². The molecule has 0 aliphatic carbocycles. The maximum Gasteiger partial charge on any atom is 0.0484 e. The summed E-state index contributed by atoms with van der Waals surface area (Å²) in [5.41, 5.74) is 1.91. The van der Waals surface area contributed by atoms with Gasteiger partial charge in [0.05, 0.1) is 0 Å². The Kier molecular flexibility index (Phi) is 8.72. The summed E-state index contributed by atoms with van der Waals surface area (Å²) in [5, 5.41) is 3.28. The molecule has 202 valence electrons.